The van der Waals surface area contributed by atoms with E-state index in [-0.39, 0.29) is 38.8 Å². The van der Waals surface area contributed by atoms with Gasteiger partial charge in [-0.15, -0.1) is 0 Å². The molecule has 32 heavy (non-hydrogen) atoms. The van der Waals surface area contributed by atoms with E-state index in [1.807, 2.05) is 24.3 Å². The molecular formula is C23H24N6O2Sn. The Bertz CT molecular complexity index is 1230. The summed E-state index contributed by atoms with van der Waals surface area (Å²) in [5.41, 5.74) is 2.82. The molecule has 3 aromatic rings. The Morgan fingerprint density at radius 1 is 1.25 bits per heavy atom. The van der Waals surface area contributed by atoms with Crippen LogP contribution < -0.4 is 5.32 Å². The van der Waals surface area contributed by atoms with Gasteiger partial charge in [-0.05, 0) is 6.07 Å². The van der Waals surface area contributed by atoms with E-state index < -0.39 is 0 Å². The number of nitrogens with zero attached hydrogens (tertiary/aromatic N) is 5. The Labute approximate surface area is 196 Å². The summed E-state index contributed by atoms with van der Waals surface area (Å²) in [6, 6.07) is 3.77. The molecule has 1 amide bonds. The van der Waals surface area contributed by atoms with Crippen molar-refractivity contribution in [1.82, 2.24) is 24.4 Å². The molecule has 1 N–H and O–H groups in total. The van der Waals surface area contributed by atoms with Crippen LogP contribution in [0.15, 0.2) is 49.0 Å². The van der Waals surface area contributed by atoms with Gasteiger partial charge in [0.2, 0.25) is 0 Å². The van der Waals surface area contributed by atoms with Crippen molar-refractivity contribution in [2.24, 2.45) is 5.92 Å². The van der Waals surface area contributed by atoms with Crippen LogP contribution in [0.4, 0.5) is 5.82 Å². The maximum atomic E-state index is 13.1. The first-order chi connectivity index (χ1) is 15.6. The van der Waals surface area contributed by atoms with Crippen molar-refractivity contribution in [3.63, 3.8) is 0 Å². The molecule has 8 nitrogen and oxygen atoms in total. The van der Waals surface area contributed by atoms with Crippen molar-refractivity contribution in [3.8, 4) is 0 Å². The van der Waals surface area contributed by atoms with Crippen LogP contribution in [-0.4, -0.2) is 57.2 Å². The third-order valence-corrected chi connectivity index (χ3v) is 9.76. The molecule has 2 radical (unpaired) electrons. The number of fused-ring (bicyclic) bond motifs is 1. The second-order valence-electron chi connectivity index (χ2n) is 8.23. The van der Waals surface area contributed by atoms with Crippen molar-refractivity contribution in [1.29, 1.82) is 0 Å². The fourth-order valence-electron chi connectivity index (χ4n) is 4.24. The average Bonchev–Trinajstić information content (AvgIpc) is 3.44. The molecule has 1 unspecified atom stereocenters. The quantitative estimate of drug-likeness (QED) is 0.505. The van der Waals surface area contributed by atoms with Gasteiger partial charge in [0, 0.05) is 0 Å². The first kappa shape index (κ1) is 21.1. The van der Waals surface area contributed by atoms with E-state index in [9.17, 15) is 9.59 Å². The summed E-state index contributed by atoms with van der Waals surface area (Å²) in [6.45, 7) is 1.61. The number of aromatic nitrogens is 5. The molecule has 0 spiro atoms. The molecule has 1 atom stereocenters. The molecule has 4 heterocycles. The summed E-state index contributed by atoms with van der Waals surface area (Å²) in [4.78, 5) is 29.2. The van der Waals surface area contributed by atoms with Gasteiger partial charge in [0.25, 0.3) is 0 Å². The van der Waals surface area contributed by atoms with E-state index in [4.69, 9.17) is 5.10 Å². The molecule has 162 valence electrons. The normalized spacial score (nSPS) is 19.2. The van der Waals surface area contributed by atoms with Crippen LogP contribution in [0.3, 0.4) is 0 Å². The van der Waals surface area contributed by atoms with Gasteiger partial charge < -0.3 is 0 Å². The van der Waals surface area contributed by atoms with Gasteiger partial charge in [-0.1, -0.05) is 0 Å². The van der Waals surface area contributed by atoms with Gasteiger partial charge in [0.05, 0.1) is 0 Å². The molecular weight excluding hydrogens is 511 g/mol. The number of allylic oxidation sites excluding steroid dienone is 4. The van der Waals surface area contributed by atoms with E-state index >= 15 is 0 Å². The number of hydrogen-bond acceptors (Lipinski definition) is 5. The molecule has 3 aromatic heterocycles. The molecule has 5 rings (SSSR count). The summed E-state index contributed by atoms with van der Waals surface area (Å²) in [6.07, 6.45) is 13.8. The third-order valence-electron chi connectivity index (χ3n) is 6.10. The Hall–Kier alpha value is -2.75. The van der Waals surface area contributed by atoms with Crippen LogP contribution in [0.1, 0.15) is 48.2 Å². The van der Waals surface area contributed by atoms with Gasteiger partial charge in [0.15, 0.2) is 0 Å². The monoisotopic (exact) mass is 536 g/mol. The summed E-state index contributed by atoms with van der Waals surface area (Å²) in [5, 5.41) is 12.2. The first-order valence-corrected chi connectivity index (χ1v) is 14.9. The van der Waals surface area contributed by atoms with E-state index in [1.54, 1.807) is 34.6 Å². The van der Waals surface area contributed by atoms with E-state index in [0.29, 0.717) is 29.4 Å². The number of amides is 1. The number of Topliss-reactive ketones (excluding diaryl/α,β-unsaturated/α-hetero) is 1. The molecule has 0 bridgehead atoms. The van der Waals surface area contributed by atoms with Crippen LogP contribution >= 0.6 is 0 Å². The zero-order valence-electron chi connectivity index (χ0n) is 17.9. The topological polar surface area (TPSA) is 94.2 Å². The number of anilines is 1. The van der Waals surface area contributed by atoms with Crippen LogP contribution in [0.5, 0.6) is 0 Å². The minimum absolute atomic E-state index is 0.0962. The van der Waals surface area contributed by atoms with Crippen LogP contribution in [0, 0.1) is 5.92 Å². The number of rotatable bonds is 5. The Balaban J connectivity index is 1.47. The minimum atomic E-state index is -0.272. The fourth-order valence-corrected chi connectivity index (χ4v) is 8.11. The summed E-state index contributed by atoms with van der Waals surface area (Å²) in [5.74, 6) is 0.854. The summed E-state index contributed by atoms with van der Waals surface area (Å²) >= 11 is -0.169. The van der Waals surface area contributed by atoms with E-state index in [2.05, 4.69) is 15.4 Å². The number of ketones is 1. The molecule has 1 aliphatic heterocycles. The Kier molecular flexibility index (Phi) is 5.94. The van der Waals surface area contributed by atoms with Gasteiger partial charge in [-0.3, -0.25) is 0 Å². The number of carbonyl (C=O) groups is 2. The standard InChI is InChI=1S/C23H24N6O2.Sn/c1-4-16(5-2)20-13-21(29(27-20)18-9-7-17(8-10-18)15(3)30)26-23(31)19-14-25-28-12-6-11-24-22(19)28;/h6-7,9-14,16-17H,1-2,4-5,8H2,3H3,(H,26,31);. The second kappa shape index (κ2) is 9.01. The van der Waals surface area contributed by atoms with Crippen LogP contribution in [0.25, 0.3) is 11.3 Å². The van der Waals surface area contributed by atoms with E-state index in [1.165, 1.54) is 27.9 Å². The van der Waals surface area contributed by atoms with Gasteiger partial charge >= 0.3 is 190 Å². The van der Waals surface area contributed by atoms with Crippen LogP contribution in [0.2, 0.25) is 8.87 Å². The third kappa shape index (κ3) is 4.15. The number of carbonyl (C=O) groups excluding carboxylic acids is 2. The van der Waals surface area contributed by atoms with Crippen molar-refractivity contribution in [3.05, 3.63) is 60.2 Å². The number of hydrogen-bond donors (Lipinski definition) is 1. The van der Waals surface area contributed by atoms with Crippen molar-refractivity contribution in [2.45, 2.75) is 41.0 Å². The second-order valence-corrected chi connectivity index (χ2v) is 12.5. The molecule has 1 saturated heterocycles. The number of nitrogens with one attached hydrogen (secondary N) is 1. The summed E-state index contributed by atoms with van der Waals surface area (Å²) < 4.78 is 6.13. The summed E-state index contributed by atoms with van der Waals surface area (Å²) in [7, 11) is 0. The first-order valence-electron chi connectivity index (χ1n) is 10.9. The zero-order valence-corrected chi connectivity index (χ0v) is 20.7. The fraction of sp³-hybridized carbons (Fsp3) is 0.348. The molecule has 2 aliphatic rings. The van der Waals surface area contributed by atoms with Crippen LogP contribution in [-0.2, 0) is 4.79 Å². The average molecular weight is 535 g/mol. The Morgan fingerprint density at radius 2 is 2.09 bits per heavy atom. The van der Waals surface area contributed by atoms with Crippen molar-refractivity contribution in [2.75, 3.05) is 5.32 Å². The van der Waals surface area contributed by atoms with Gasteiger partial charge in [-0.2, -0.15) is 0 Å². The van der Waals surface area contributed by atoms with Crippen molar-refractivity contribution >= 4 is 50.0 Å². The van der Waals surface area contributed by atoms with Gasteiger partial charge in [-0.25, -0.2) is 0 Å². The van der Waals surface area contributed by atoms with E-state index in [0.717, 1.165) is 11.4 Å². The molecule has 1 fully saturated rings. The van der Waals surface area contributed by atoms with Crippen molar-refractivity contribution < 1.29 is 9.59 Å². The SMILES string of the molecule is CC(=O)C1C=CC(n2nc(C3C[CH2][Sn][CH2]C3)cc2NC(=O)c2cnn3cccnc23)=CC1. The molecule has 9 heteroatoms. The predicted molar refractivity (Wildman–Crippen MR) is 123 cm³/mol. The molecule has 0 aromatic carbocycles. The zero-order chi connectivity index (χ0) is 22.1. The Morgan fingerprint density at radius 3 is 2.84 bits per heavy atom. The molecule has 0 saturated carbocycles. The maximum absolute atomic E-state index is 13.1. The molecule has 1 aliphatic carbocycles. The van der Waals surface area contributed by atoms with Gasteiger partial charge in [0.1, 0.15) is 0 Å². The predicted octanol–water partition coefficient (Wildman–Crippen LogP) is 3.60.